The van der Waals surface area contributed by atoms with Gasteiger partial charge in [0.15, 0.2) is 11.6 Å². The minimum Gasteiger partial charge on any atom is -0.432 e. The lowest BCUT2D eigenvalue weighted by atomic mass is 9.75. The number of ether oxygens (including phenoxy) is 3. The molecule has 45 heavy (non-hydrogen) atoms. The van der Waals surface area contributed by atoms with Gasteiger partial charge in [0.1, 0.15) is 5.75 Å². The van der Waals surface area contributed by atoms with E-state index >= 15 is 8.78 Å². The molecular weight excluding hydrogens is 615 g/mol. The molecular formula is C33H43F9O3. The first kappa shape index (κ1) is 35.7. The van der Waals surface area contributed by atoms with Gasteiger partial charge in [-0.3, -0.25) is 0 Å². The van der Waals surface area contributed by atoms with Crippen molar-refractivity contribution in [1.82, 2.24) is 0 Å². The van der Waals surface area contributed by atoms with Crippen molar-refractivity contribution in [3.8, 4) is 11.5 Å². The van der Waals surface area contributed by atoms with Crippen molar-refractivity contribution in [3.05, 3.63) is 35.9 Å². The molecule has 4 rings (SSSR count). The van der Waals surface area contributed by atoms with Crippen molar-refractivity contribution < 1.29 is 53.7 Å². The number of hydrogen-bond donors (Lipinski definition) is 0. The first-order valence-corrected chi connectivity index (χ1v) is 16.3. The Hall–Kier alpha value is -2.11. The lowest BCUT2D eigenvalue weighted by Gasteiger charge is -2.38. The monoisotopic (exact) mass is 658 g/mol. The summed E-state index contributed by atoms with van der Waals surface area (Å²) < 4.78 is 139. The normalized spacial score (nSPS) is 28.0. The Balaban J connectivity index is 1.19. The third-order valence-corrected chi connectivity index (χ3v) is 10.0. The largest absolute Gasteiger partial charge is 0.432 e. The fourth-order valence-electron chi connectivity index (χ4n) is 7.37. The van der Waals surface area contributed by atoms with Crippen LogP contribution >= 0.6 is 0 Å². The lowest BCUT2D eigenvalue weighted by molar-refractivity contribution is -0.306. The summed E-state index contributed by atoms with van der Waals surface area (Å²) in [7, 11) is 0. The molecule has 3 aliphatic rings. The second-order valence-electron chi connectivity index (χ2n) is 13.1. The van der Waals surface area contributed by atoms with E-state index in [-0.39, 0.29) is 37.8 Å². The van der Waals surface area contributed by atoms with Gasteiger partial charge in [0.05, 0.1) is 17.9 Å². The highest BCUT2D eigenvalue weighted by Gasteiger charge is 2.48. The summed E-state index contributed by atoms with van der Waals surface area (Å²) in [4.78, 5) is 0. The van der Waals surface area contributed by atoms with Crippen LogP contribution in [0.15, 0.2) is 24.2 Å². The summed E-state index contributed by atoms with van der Waals surface area (Å²) in [5.41, 5.74) is 0. The summed E-state index contributed by atoms with van der Waals surface area (Å²) in [6.45, 7) is 2.23. The summed E-state index contributed by atoms with van der Waals surface area (Å²) in [5.74, 6) is -6.32. The fraction of sp³-hybridized carbons (Fsp3) is 0.758. The molecule has 0 aliphatic heterocycles. The van der Waals surface area contributed by atoms with Crippen LogP contribution in [0.1, 0.15) is 110 Å². The SMILES string of the molecule is CCCC1CCC(CCC2CCC(C(F)(F)OC3CCC(C(F)(F)Oc4cc(F)c(OC(F)=C(F)F)c(F)c4)CC3)CC2)CC1. The minimum absolute atomic E-state index is 0.0784. The molecule has 0 amide bonds. The molecule has 0 spiro atoms. The standard InChI is InChI=1S/C33H43F9O3/c1-2-3-20-4-6-21(7-5-20)8-9-22-10-12-23(13-11-22)32(39,40)44-25-16-14-24(15-17-25)33(41,42)45-26-18-27(34)29(28(35)19-26)43-31(38)30(36)37/h18-25H,2-17H2,1H3. The molecule has 12 heteroatoms. The Bertz CT molecular complexity index is 1090. The van der Waals surface area contributed by atoms with Gasteiger partial charge in [-0.05, 0) is 69.1 Å². The van der Waals surface area contributed by atoms with E-state index < -0.39 is 65.4 Å². The van der Waals surface area contributed by atoms with Gasteiger partial charge in [0.25, 0.3) is 0 Å². The fourth-order valence-corrected chi connectivity index (χ4v) is 7.37. The van der Waals surface area contributed by atoms with Crippen LogP contribution in [0.25, 0.3) is 0 Å². The summed E-state index contributed by atoms with van der Waals surface area (Å²) >= 11 is 0. The zero-order chi connectivity index (χ0) is 32.8. The maximum Gasteiger partial charge on any atom is 0.400 e. The van der Waals surface area contributed by atoms with Crippen molar-refractivity contribution in [2.24, 2.45) is 29.6 Å². The highest BCUT2D eigenvalue weighted by Crippen LogP contribution is 2.45. The molecule has 0 unspecified atom stereocenters. The second kappa shape index (κ2) is 15.7. The molecule has 3 aliphatic carbocycles. The van der Waals surface area contributed by atoms with E-state index in [0.29, 0.717) is 18.8 Å². The molecule has 256 valence electrons. The molecule has 0 atom stereocenters. The molecule has 3 fully saturated rings. The highest BCUT2D eigenvalue weighted by atomic mass is 19.3. The third kappa shape index (κ3) is 9.94. The van der Waals surface area contributed by atoms with E-state index in [1.807, 2.05) is 0 Å². The molecule has 0 aromatic heterocycles. The first-order valence-electron chi connectivity index (χ1n) is 16.3. The minimum atomic E-state index is -3.93. The van der Waals surface area contributed by atoms with Gasteiger partial charge in [-0.15, -0.1) is 0 Å². The van der Waals surface area contributed by atoms with E-state index in [9.17, 15) is 30.7 Å². The van der Waals surface area contributed by atoms with Gasteiger partial charge in [-0.1, -0.05) is 58.3 Å². The van der Waals surface area contributed by atoms with Crippen LogP contribution in [0, 0.1) is 41.2 Å². The topological polar surface area (TPSA) is 27.7 Å². The molecule has 0 saturated heterocycles. The Kier molecular flexibility index (Phi) is 12.4. The number of halogens is 9. The van der Waals surface area contributed by atoms with Gasteiger partial charge in [0.2, 0.25) is 5.75 Å². The maximum atomic E-state index is 15.1. The zero-order valence-corrected chi connectivity index (χ0v) is 25.6. The molecule has 0 radical (unpaired) electrons. The zero-order valence-electron chi connectivity index (χ0n) is 25.6. The molecule has 3 saturated carbocycles. The van der Waals surface area contributed by atoms with Gasteiger partial charge in [-0.2, -0.15) is 30.7 Å². The molecule has 0 N–H and O–H groups in total. The molecule has 0 heterocycles. The summed E-state index contributed by atoms with van der Waals surface area (Å²) in [6.07, 6.45) is 0.342. The van der Waals surface area contributed by atoms with E-state index in [2.05, 4.69) is 16.4 Å². The van der Waals surface area contributed by atoms with E-state index in [4.69, 9.17) is 4.74 Å². The molecule has 1 aromatic carbocycles. The average Bonchev–Trinajstić information content (AvgIpc) is 2.99. The molecule has 3 nitrogen and oxygen atoms in total. The van der Waals surface area contributed by atoms with Crippen molar-refractivity contribution in [1.29, 1.82) is 0 Å². The van der Waals surface area contributed by atoms with Gasteiger partial charge in [0, 0.05) is 12.1 Å². The summed E-state index contributed by atoms with van der Waals surface area (Å²) in [6, 6.07) is -2.05. The quantitative estimate of drug-likeness (QED) is 0.156. The van der Waals surface area contributed by atoms with Crippen LogP contribution in [-0.2, 0) is 4.74 Å². The lowest BCUT2D eigenvalue weighted by Crippen LogP contribution is -2.42. The second-order valence-corrected chi connectivity index (χ2v) is 13.1. The Labute approximate surface area is 258 Å². The first-order chi connectivity index (χ1) is 21.3. The Morgan fingerprint density at radius 1 is 0.667 bits per heavy atom. The van der Waals surface area contributed by atoms with Crippen LogP contribution in [0.3, 0.4) is 0 Å². The highest BCUT2D eigenvalue weighted by molar-refractivity contribution is 5.36. The van der Waals surface area contributed by atoms with E-state index in [1.54, 1.807) is 0 Å². The Morgan fingerprint density at radius 2 is 1.11 bits per heavy atom. The average molecular weight is 659 g/mol. The maximum absolute atomic E-state index is 15.1. The van der Waals surface area contributed by atoms with Crippen molar-refractivity contribution >= 4 is 0 Å². The number of rotatable bonds is 13. The Morgan fingerprint density at radius 3 is 1.60 bits per heavy atom. The van der Waals surface area contributed by atoms with Crippen LogP contribution in [-0.4, -0.2) is 18.3 Å². The number of benzene rings is 1. The predicted molar refractivity (Wildman–Crippen MR) is 150 cm³/mol. The smallest absolute Gasteiger partial charge is 0.400 e. The third-order valence-electron chi connectivity index (χ3n) is 10.0. The van der Waals surface area contributed by atoms with Crippen LogP contribution in [0.4, 0.5) is 39.5 Å². The van der Waals surface area contributed by atoms with Crippen LogP contribution in [0.5, 0.6) is 11.5 Å². The van der Waals surface area contributed by atoms with Gasteiger partial charge >= 0.3 is 24.3 Å². The number of hydrogen-bond acceptors (Lipinski definition) is 3. The summed E-state index contributed by atoms with van der Waals surface area (Å²) in [5, 5.41) is 0. The predicted octanol–water partition coefficient (Wildman–Crippen LogP) is 11.7. The van der Waals surface area contributed by atoms with Crippen molar-refractivity contribution in [3.63, 3.8) is 0 Å². The number of alkyl halides is 4. The van der Waals surface area contributed by atoms with Gasteiger partial charge in [-0.25, -0.2) is 8.78 Å². The van der Waals surface area contributed by atoms with Gasteiger partial charge < -0.3 is 14.2 Å². The van der Waals surface area contributed by atoms with Crippen molar-refractivity contribution in [2.45, 2.75) is 128 Å². The van der Waals surface area contributed by atoms with Crippen molar-refractivity contribution in [2.75, 3.05) is 0 Å². The van der Waals surface area contributed by atoms with Crippen LogP contribution < -0.4 is 9.47 Å². The van der Waals surface area contributed by atoms with E-state index in [1.165, 1.54) is 44.9 Å². The molecule has 0 bridgehead atoms. The molecule has 1 aromatic rings. The van der Waals surface area contributed by atoms with Crippen LogP contribution in [0.2, 0.25) is 0 Å². The van der Waals surface area contributed by atoms with E-state index in [0.717, 1.165) is 31.1 Å².